The van der Waals surface area contributed by atoms with Crippen molar-refractivity contribution in [3.05, 3.63) is 35.9 Å². The van der Waals surface area contributed by atoms with Crippen molar-refractivity contribution in [2.75, 3.05) is 19.0 Å². The molecule has 0 amide bonds. The minimum atomic E-state index is 0.746. The molecular formula is C10H14OS. The Balaban J connectivity index is 2.16. The number of rotatable bonds is 5. The summed E-state index contributed by atoms with van der Waals surface area (Å²) in [5, 5.41) is 0. The third-order valence-corrected chi connectivity index (χ3v) is 1.80. The normalized spacial score (nSPS) is 10.1. The summed E-state index contributed by atoms with van der Waals surface area (Å²) in [5.74, 6) is 0.800. The van der Waals surface area contributed by atoms with Crippen molar-refractivity contribution >= 4 is 12.6 Å². The molecule has 0 fully saturated rings. The highest BCUT2D eigenvalue weighted by atomic mass is 32.1. The fourth-order valence-electron chi connectivity index (χ4n) is 1.00. The van der Waals surface area contributed by atoms with Gasteiger partial charge in [0.1, 0.15) is 0 Å². The molecule has 1 aromatic rings. The maximum atomic E-state index is 5.31. The van der Waals surface area contributed by atoms with Crippen LogP contribution in [0.15, 0.2) is 30.3 Å². The second-order valence-electron chi connectivity index (χ2n) is 2.57. The van der Waals surface area contributed by atoms with Crippen LogP contribution in [0.3, 0.4) is 0 Å². The van der Waals surface area contributed by atoms with Crippen molar-refractivity contribution in [2.45, 2.75) is 6.42 Å². The lowest BCUT2D eigenvalue weighted by molar-refractivity contribution is 0.153. The third kappa shape index (κ3) is 3.79. The van der Waals surface area contributed by atoms with E-state index in [0.717, 1.165) is 25.4 Å². The fraction of sp³-hybridized carbons (Fsp3) is 0.400. The van der Waals surface area contributed by atoms with E-state index in [4.69, 9.17) is 4.74 Å². The minimum absolute atomic E-state index is 0.746. The van der Waals surface area contributed by atoms with Crippen LogP contribution in [0.5, 0.6) is 0 Å². The van der Waals surface area contributed by atoms with Crippen LogP contribution in [0.1, 0.15) is 5.56 Å². The lowest BCUT2D eigenvalue weighted by Crippen LogP contribution is -2.00. The largest absolute Gasteiger partial charge is 0.380 e. The topological polar surface area (TPSA) is 9.23 Å². The Morgan fingerprint density at radius 2 is 1.83 bits per heavy atom. The fourth-order valence-corrected chi connectivity index (χ4v) is 1.13. The summed E-state index contributed by atoms with van der Waals surface area (Å²) in [4.78, 5) is 0. The maximum absolute atomic E-state index is 5.31. The molecular weight excluding hydrogens is 168 g/mol. The Morgan fingerprint density at radius 1 is 1.08 bits per heavy atom. The van der Waals surface area contributed by atoms with Crippen molar-refractivity contribution < 1.29 is 4.74 Å². The van der Waals surface area contributed by atoms with Gasteiger partial charge in [0, 0.05) is 5.75 Å². The van der Waals surface area contributed by atoms with Gasteiger partial charge < -0.3 is 4.74 Å². The molecule has 0 unspecified atom stereocenters. The molecule has 0 radical (unpaired) electrons. The number of ether oxygens (including phenoxy) is 1. The summed E-state index contributed by atoms with van der Waals surface area (Å²) >= 11 is 4.06. The van der Waals surface area contributed by atoms with Crippen molar-refractivity contribution in [2.24, 2.45) is 0 Å². The Bertz CT molecular complexity index is 198. The predicted molar refractivity (Wildman–Crippen MR) is 54.8 cm³/mol. The second kappa shape index (κ2) is 6.09. The van der Waals surface area contributed by atoms with E-state index in [1.54, 1.807) is 0 Å². The number of benzene rings is 1. The standard InChI is InChI=1S/C10H14OS/c12-9-8-11-7-6-10-4-2-1-3-5-10/h1-5,12H,6-9H2. The first-order valence-electron chi connectivity index (χ1n) is 4.16. The van der Waals surface area contributed by atoms with Crippen LogP contribution in [0, 0.1) is 0 Å². The summed E-state index contributed by atoms with van der Waals surface area (Å²) in [6.45, 7) is 1.54. The summed E-state index contributed by atoms with van der Waals surface area (Å²) in [5.41, 5.74) is 1.33. The molecule has 0 aliphatic rings. The molecule has 0 aliphatic carbocycles. The van der Waals surface area contributed by atoms with E-state index in [0.29, 0.717) is 0 Å². The molecule has 2 heteroatoms. The zero-order valence-corrected chi connectivity index (χ0v) is 7.97. The summed E-state index contributed by atoms with van der Waals surface area (Å²) < 4.78 is 5.31. The highest BCUT2D eigenvalue weighted by molar-refractivity contribution is 7.80. The van der Waals surface area contributed by atoms with E-state index in [1.165, 1.54) is 5.56 Å². The van der Waals surface area contributed by atoms with Crippen LogP contribution in [0.2, 0.25) is 0 Å². The molecule has 0 aromatic heterocycles. The molecule has 0 N–H and O–H groups in total. The SMILES string of the molecule is SCCOCCc1ccccc1. The number of hydrogen-bond acceptors (Lipinski definition) is 2. The van der Waals surface area contributed by atoms with E-state index in [2.05, 4.69) is 24.8 Å². The van der Waals surface area contributed by atoms with Gasteiger partial charge in [-0.05, 0) is 12.0 Å². The second-order valence-corrected chi connectivity index (χ2v) is 3.02. The Labute approximate surface area is 79.2 Å². The van der Waals surface area contributed by atoms with Gasteiger partial charge in [-0.15, -0.1) is 0 Å². The summed E-state index contributed by atoms with van der Waals surface area (Å²) in [7, 11) is 0. The van der Waals surface area contributed by atoms with Gasteiger partial charge in [-0.2, -0.15) is 12.6 Å². The molecule has 12 heavy (non-hydrogen) atoms. The predicted octanol–water partition coefficient (Wildman–Crippen LogP) is 2.18. The van der Waals surface area contributed by atoms with E-state index in [1.807, 2.05) is 18.2 Å². The van der Waals surface area contributed by atoms with Crippen LogP contribution in [0.25, 0.3) is 0 Å². The van der Waals surface area contributed by atoms with Gasteiger partial charge >= 0.3 is 0 Å². The van der Waals surface area contributed by atoms with E-state index >= 15 is 0 Å². The molecule has 0 bridgehead atoms. The molecule has 1 rings (SSSR count). The van der Waals surface area contributed by atoms with Crippen LogP contribution in [0.4, 0.5) is 0 Å². The zero-order valence-electron chi connectivity index (χ0n) is 7.07. The first kappa shape index (κ1) is 9.62. The zero-order chi connectivity index (χ0) is 8.65. The smallest absolute Gasteiger partial charge is 0.0554 e. The van der Waals surface area contributed by atoms with Gasteiger partial charge in [0.25, 0.3) is 0 Å². The van der Waals surface area contributed by atoms with Crippen molar-refractivity contribution in [1.82, 2.24) is 0 Å². The van der Waals surface area contributed by atoms with Crippen LogP contribution in [-0.2, 0) is 11.2 Å². The third-order valence-electron chi connectivity index (χ3n) is 1.61. The minimum Gasteiger partial charge on any atom is -0.380 e. The van der Waals surface area contributed by atoms with E-state index in [-0.39, 0.29) is 0 Å². The van der Waals surface area contributed by atoms with Gasteiger partial charge in [-0.1, -0.05) is 30.3 Å². The molecule has 0 atom stereocenters. The molecule has 66 valence electrons. The van der Waals surface area contributed by atoms with Gasteiger partial charge in [0.2, 0.25) is 0 Å². The molecule has 0 aliphatic heterocycles. The molecule has 1 aromatic carbocycles. The maximum Gasteiger partial charge on any atom is 0.0554 e. The number of thiol groups is 1. The van der Waals surface area contributed by atoms with Gasteiger partial charge in [0.05, 0.1) is 13.2 Å². The van der Waals surface area contributed by atoms with Gasteiger partial charge in [0.15, 0.2) is 0 Å². The van der Waals surface area contributed by atoms with Gasteiger partial charge in [-0.3, -0.25) is 0 Å². The quantitative estimate of drug-likeness (QED) is 0.542. The molecule has 0 spiro atoms. The first-order valence-corrected chi connectivity index (χ1v) is 4.79. The Morgan fingerprint density at radius 3 is 2.50 bits per heavy atom. The summed E-state index contributed by atoms with van der Waals surface area (Å²) in [6.07, 6.45) is 0.995. The van der Waals surface area contributed by atoms with Crippen molar-refractivity contribution in [1.29, 1.82) is 0 Å². The molecule has 0 heterocycles. The highest BCUT2D eigenvalue weighted by Crippen LogP contribution is 1.99. The van der Waals surface area contributed by atoms with E-state index in [9.17, 15) is 0 Å². The lowest BCUT2D eigenvalue weighted by Gasteiger charge is -2.01. The highest BCUT2D eigenvalue weighted by Gasteiger charge is 1.90. The van der Waals surface area contributed by atoms with Crippen molar-refractivity contribution in [3.8, 4) is 0 Å². The van der Waals surface area contributed by atoms with Crippen LogP contribution in [-0.4, -0.2) is 19.0 Å². The van der Waals surface area contributed by atoms with Crippen LogP contribution < -0.4 is 0 Å². The van der Waals surface area contributed by atoms with Crippen LogP contribution >= 0.6 is 12.6 Å². The van der Waals surface area contributed by atoms with E-state index < -0.39 is 0 Å². The first-order chi connectivity index (χ1) is 5.93. The monoisotopic (exact) mass is 182 g/mol. The lowest BCUT2D eigenvalue weighted by atomic mass is 10.2. The Hall–Kier alpha value is -0.470. The average Bonchev–Trinajstić information content (AvgIpc) is 2.14. The molecule has 0 saturated heterocycles. The van der Waals surface area contributed by atoms with Gasteiger partial charge in [-0.25, -0.2) is 0 Å². The van der Waals surface area contributed by atoms with Crippen molar-refractivity contribution in [3.63, 3.8) is 0 Å². The average molecular weight is 182 g/mol. The molecule has 0 saturated carbocycles. The Kier molecular flexibility index (Phi) is 4.88. The summed E-state index contributed by atoms with van der Waals surface area (Å²) in [6, 6.07) is 10.4. The molecule has 1 nitrogen and oxygen atoms in total. The number of hydrogen-bond donors (Lipinski definition) is 1.